The molecule has 2 saturated heterocycles. The molecule has 0 aliphatic carbocycles. The normalized spacial score (nSPS) is 29.4. The first-order valence-electron chi connectivity index (χ1n) is 6.79. The average molecular weight is 239 g/mol. The third-order valence-corrected chi connectivity index (χ3v) is 3.92. The van der Waals surface area contributed by atoms with Crippen molar-refractivity contribution in [1.82, 2.24) is 15.5 Å². The van der Waals surface area contributed by atoms with Crippen molar-refractivity contribution in [2.75, 3.05) is 39.3 Å². The Labute approximate surface area is 104 Å². The number of hydrogen-bond donors (Lipinski definition) is 2. The van der Waals surface area contributed by atoms with Gasteiger partial charge in [-0.1, -0.05) is 13.8 Å². The van der Waals surface area contributed by atoms with Crippen LogP contribution in [0.25, 0.3) is 0 Å². The largest absolute Gasteiger partial charge is 0.355 e. The van der Waals surface area contributed by atoms with Crippen LogP contribution < -0.4 is 10.6 Å². The Bertz CT molecular complexity index is 272. The monoisotopic (exact) mass is 239 g/mol. The molecular weight excluding hydrogens is 214 g/mol. The topological polar surface area (TPSA) is 44.4 Å². The van der Waals surface area contributed by atoms with Crippen LogP contribution in [0.3, 0.4) is 0 Å². The van der Waals surface area contributed by atoms with E-state index >= 15 is 0 Å². The zero-order valence-electron chi connectivity index (χ0n) is 11.1. The second kappa shape index (κ2) is 5.36. The van der Waals surface area contributed by atoms with Gasteiger partial charge in [0.25, 0.3) is 0 Å². The van der Waals surface area contributed by atoms with E-state index in [4.69, 9.17) is 0 Å². The summed E-state index contributed by atoms with van der Waals surface area (Å²) in [6.45, 7) is 10.1. The minimum absolute atomic E-state index is 0.182. The fourth-order valence-electron chi connectivity index (χ4n) is 2.88. The molecule has 0 bridgehead atoms. The van der Waals surface area contributed by atoms with Crippen LogP contribution in [0.1, 0.15) is 26.7 Å². The van der Waals surface area contributed by atoms with Gasteiger partial charge >= 0.3 is 0 Å². The quantitative estimate of drug-likeness (QED) is 0.748. The van der Waals surface area contributed by atoms with Crippen molar-refractivity contribution >= 4 is 5.91 Å². The van der Waals surface area contributed by atoms with Gasteiger partial charge in [-0.2, -0.15) is 0 Å². The lowest BCUT2D eigenvalue weighted by atomic mass is 9.87. The standard InChI is InChI=1S/C13H25N3O/c1-11(2)7-15-12(17)8-16-6-4-13(10-16)3-5-14-9-13/h11,14H,3-10H2,1-2H3,(H,15,17). The molecule has 1 amide bonds. The highest BCUT2D eigenvalue weighted by Gasteiger charge is 2.40. The van der Waals surface area contributed by atoms with Crippen LogP contribution in [-0.4, -0.2) is 50.1 Å². The van der Waals surface area contributed by atoms with Crippen molar-refractivity contribution in [2.45, 2.75) is 26.7 Å². The molecule has 0 aromatic carbocycles. The first-order valence-corrected chi connectivity index (χ1v) is 6.79. The third-order valence-electron chi connectivity index (χ3n) is 3.92. The van der Waals surface area contributed by atoms with E-state index in [1.807, 2.05) is 0 Å². The number of amides is 1. The number of hydrogen-bond acceptors (Lipinski definition) is 3. The molecule has 2 fully saturated rings. The van der Waals surface area contributed by atoms with Crippen molar-refractivity contribution < 1.29 is 4.79 Å². The summed E-state index contributed by atoms with van der Waals surface area (Å²) in [5.74, 6) is 0.713. The van der Waals surface area contributed by atoms with Gasteiger partial charge in [-0.15, -0.1) is 0 Å². The van der Waals surface area contributed by atoms with Crippen LogP contribution in [0.4, 0.5) is 0 Å². The number of nitrogens with one attached hydrogen (secondary N) is 2. The van der Waals surface area contributed by atoms with Gasteiger partial charge in [0.2, 0.25) is 5.91 Å². The predicted molar refractivity (Wildman–Crippen MR) is 68.8 cm³/mol. The van der Waals surface area contributed by atoms with Crippen molar-refractivity contribution in [3.05, 3.63) is 0 Å². The van der Waals surface area contributed by atoms with E-state index in [1.165, 1.54) is 12.8 Å². The van der Waals surface area contributed by atoms with E-state index in [2.05, 4.69) is 29.4 Å². The minimum Gasteiger partial charge on any atom is -0.355 e. The Balaban J connectivity index is 1.72. The highest BCUT2D eigenvalue weighted by Crippen LogP contribution is 2.35. The molecule has 1 unspecified atom stereocenters. The summed E-state index contributed by atoms with van der Waals surface area (Å²) >= 11 is 0. The molecule has 1 atom stereocenters. The Morgan fingerprint density at radius 2 is 2.29 bits per heavy atom. The number of likely N-dealkylation sites (tertiary alicyclic amines) is 1. The summed E-state index contributed by atoms with van der Waals surface area (Å²) in [6.07, 6.45) is 2.52. The molecule has 2 aliphatic rings. The summed E-state index contributed by atoms with van der Waals surface area (Å²) in [5, 5.41) is 6.43. The van der Waals surface area contributed by atoms with Gasteiger partial charge in [0.1, 0.15) is 0 Å². The summed E-state index contributed by atoms with van der Waals surface area (Å²) in [5.41, 5.74) is 0.471. The molecule has 0 aromatic rings. The lowest BCUT2D eigenvalue weighted by Crippen LogP contribution is -2.38. The Kier molecular flexibility index (Phi) is 4.05. The van der Waals surface area contributed by atoms with Gasteiger partial charge < -0.3 is 10.6 Å². The zero-order valence-corrected chi connectivity index (χ0v) is 11.1. The molecule has 2 aliphatic heterocycles. The van der Waals surface area contributed by atoms with E-state index in [0.29, 0.717) is 17.9 Å². The first-order chi connectivity index (χ1) is 8.10. The lowest BCUT2D eigenvalue weighted by molar-refractivity contribution is -0.122. The highest BCUT2D eigenvalue weighted by molar-refractivity contribution is 5.78. The molecule has 98 valence electrons. The smallest absolute Gasteiger partial charge is 0.234 e. The van der Waals surface area contributed by atoms with Crippen molar-refractivity contribution in [3.8, 4) is 0 Å². The maximum absolute atomic E-state index is 11.7. The summed E-state index contributed by atoms with van der Waals surface area (Å²) in [7, 11) is 0. The minimum atomic E-state index is 0.182. The third kappa shape index (κ3) is 3.42. The molecule has 2 heterocycles. The van der Waals surface area contributed by atoms with Crippen LogP contribution in [0, 0.1) is 11.3 Å². The second-order valence-corrected chi connectivity index (χ2v) is 6.09. The predicted octanol–water partition coefficient (Wildman–Crippen LogP) is 0.444. The van der Waals surface area contributed by atoms with Crippen LogP contribution in [0.2, 0.25) is 0 Å². The Morgan fingerprint density at radius 1 is 1.47 bits per heavy atom. The molecular formula is C13H25N3O. The molecule has 17 heavy (non-hydrogen) atoms. The average Bonchev–Trinajstić information content (AvgIpc) is 2.87. The molecule has 1 spiro atoms. The van der Waals surface area contributed by atoms with Crippen molar-refractivity contribution in [3.63, 3.8) is 0 Å². The number of rotatable bonds is 4. The number of carbonyl (C=O) groups is 1. The van der Waals surface area contributed by atoms with Gasteiger partial charge in [-0.05, 0) is 37.3 Å². The lowest BCUT2D eigenvalue weighted by Gasteiger charge is -2.22. The SMILES string of the molecule is CC(C)CNC(=O)CN1CCC2(CCNC2)C1. The van der Waals surface area contributed by atoms with Crippen molar-refractivity contribution in [1.29, 1.82) is 0 Å². The van der Waals surface area contributed by atoms with Gasteiger partial charge in [-0.25, -0.2) is 0 Å². The highest BCUT2D eigenvalue weighted by atomic mass is 16.2. The van der Waals surface area contributed by atoms with E-state index in [9.17, 15) is 4.79 Å². The first kappa shape index (κ1) is 12.8. The van der Waals surface area contributed by atoms with E-state index in [0.717, 1.165) is 32.7 Å². The molecule has 4 heteroatoms. The zero-order chi connectivity index (χ0) is 12.3. The van der Waals surface area contributed by atoms with Crippen LogP contribution in [-0.2, 0) is 4.79 Å². The molecule has 2 rings (SSSR count). The van der Waals surface area contributed by atoms with Gasteiger partial charge in [-0.3, -0.25) is 9.69 Å². The summed E-state index contributed by atoms with van der Waals surface area (Å²) in [6, 6.07) is 0. The van der Waals surface area contributed by atoms with E-state index in [-0.39, 0.29) is 5.91 Å². The van der Waals surface area contributed by atoms with Gasteiger partial charge in [0.15, 0.2) is 0 Å². The molecule has 4 nitrogen and oxygen atoms in total. The maximum Gasteiger partial charge on any atom is 0.234 e. The van der Waals surface area contributed by atoms with E-state index < -0.39 is 0 Å². The fourth-order valence-corrected chi connectivity index (χ4v) is 2.88. The Hall–Kier alpha value is -0.610. The summed E-state index contributed by atoms with van der Waals surface area (Å²) < 4.78 is 0. The molecule has 0 saturated carbocycles. The van der Waals surface area contributed by atoms with E-state index in [1.54, 1.807) is 0 Å². The van der Waals surface area contributed by atoms with Crippen molar-refractivity contribution in [2.24, 2.45) is 11.3 Å². The van der Waals surface area contributed by atoms with Gasteiger partial charge in [0, 0.05) is 19.6 Å². The second-order valence-electron chi connectivity index (χ2n) is 6.09. The fraction of sp³-hybridized carbons (Fsp3) is 0.923. The van der Waals surface area contributed by atoms with Gasteiger partial charge in [0.05, 0.1) is 6.54 Å². The summed E-state index contributed by atoms with van der Waals surface area (Å²) in [4.78, 5) is 14.0. The molecule has 0 aromatic heterocycles. The Morgan fingerprint density at radius 3 is 2.94 bits per heavy atom. The van der Waals surface area contributed by atoms with Crippen LogP contribution in [0.5, 0.6) is 0 Å². The van der Waals surface area contributed by atoms with Crippen LogP contribution >= 0.6 is 0 Å². The molecule has 2 N–H and O–H groups in total. The number of carbonyl (C=O) groups excluding carboxylic acids is 1. The maximum atomic E-state index is 11.7. The van der Waals surface area contributed by atoms with Crippen LogP contribution in [0.15, 0.2) is 0 Å². The number of nitrogens with zero attached hydrogens (tertiary/aromatic N) is 1. The molecule has 0 radical (unpaired) electrons.